The molecule has 1 fully saturated rings. The third kappa shape index (κ3) is 8.89. The molecule has 1 atom stereocenters. The summed E-state index contributed by atoms with van der Waals surface area (Å²) in [7, 11) is 0. The average Bonchev–Trinajstić information content (AvgIpc) is 3.16. The summed E-state index contributed by atoms with van der Waals surface area (Å²) in [5.41, 5.74) is 1.34. The lowest BCUT2D eigenvalue weighted by molar-refractivity contribution is 0.117. The van der Waals surface area contributed by atoms with E-state index in [0.29, 0.717) is 6.10 Å². The van der Waals surface area contributed by atoms with Crippen molar-refractivity contribution in [2.45, 2.75) is 45.1 Å². The molecule has 1 aromatic carbocycles. The molecule has 0 aliphatic carbocycles. The number of unbranched alkanes of at least 4 members (excludes halogenated alkanes) is 1. The predicted molar refractivity (Wildman–Crippen MR) is 103 cm³/mol. The zero-order valence-corrected chi connectivity index (χ0v) is 15.5. The van der Waals surface area contributed by atoms with Crippen molar-refractivity contribution in [3.63, 3.8) is 0 Å². The fourth-order valence-electron chi connectivity index (χ4n) is 2.80. The normalized spacial score (nSPS) is 17.6. The number of rotatable bonds is 11. The Morgan fingerprint density at radius 1 is 1.20 bits per heavy atom. The van der Waals surface area contributed by atoms with Gasteiger partial charge < -0.3 is 20.1 Å². The van der Waals surface area contributed by atoms with E-state index in [1.165, 1.54) is 5.56 Å². The number of hydrogen-bond donors (Lipinski definition) is 2. The zero-order valence-electron chi connectivity index (χ0n) is 15.5. The first-order valence-electron chi connectivity index (χ1n) is 9.64. The Hall–Kier alpha value is -1.59. The van der Waals surface area contributed by atoms with Crippen LogP contribution < -0.4 is 10.6 Å². The molecule has 140 valence electrons. The number of hydrogen-bond acceptors (Lipinski definition) is 3. The molecule has 1 heterocycles. The van der Waals surface area contributed by atoms with Gasteiger partial charge in [0.15, 0.2) is 5.96 Å². The maximum absolute atomic E-state index is 5.72. The molecule has 0 radical (unpaired) electrons. The molecule has 2 N–H and O–H groups in total. The highest BCUT2D eigenvalue weighted by Crippen LogP contribution is 2.11. The van der Waals surface area contributed by atoms with Crippen LogP contribution in [0.4, 0.5) is 0 Å². The van der Waals surface area contributed by atoms with Gasteiger partial charge in [-0.2, -0.15) is 0 Å². The summed E-state index contributed by atoms with van der Waals surface area (Å²) in [6, 6.07) is 10.5. The Labute approximate surface area is 152 Å². The van der Waals surface area contributed by atoms with E-state index >= 15 is 0 Å². The summed E-state index contributed by atoms with van der Waals surface area (Å²) in [5, 5.41) is 6.68. The Morgan fingerprint density at radius 2 is 2.08 bits per heavy atom. The molecule has 0 amide bonds. The highest BCUT2D eigenvalue weighted by atomic mass is 16.5. The Bertz CT molecular complexity index is 473. The van der Waals surface area contributed by atoms with Gasteiger partial charge in [-0.25, -0.2) is 0 Å². The van der Waals surface area contributed by atoms with Gasteiger partial charge in [0.2, 0.25) is 0 Å². The molecule has 5 nitrogen and oxygen atoms in total. The summed E-state index contributed by atoms with van der Waals surface area (Å²) in [6.45, 7) is 7.12. The number of nitrogens with one attached hydrogen (secondary N) is 2. The van der Waals surface area contributed by atoms with Crippen molar-refractivity contribution in [3.8, 4) is 0 Å². The summed E-state index contributed by atoms with van der Waals surface area (Å²) < 4.78 is 11.3. The first-order chi connectivity index (χ1) is 12.4. The Morgan fingerprint density at radius 3 is 2.84 bits per heavy atom. The molecule has 1 saturated heterocycles. The number of ether oxygens (including phenoxy) is 2. The van der Waals surface area contributed by atoms with Crippen molar-refractivity contribution in [3.05, 3.63) is 35.9 Å². The van der Waals surface area contributed by atoms with Crippen molar-refractivity contribution in [2.75, 3.05) is 39.5 Å². The zero-order chi connectivity index (χ0) is 17.6. The smallest absolute Gasteiger partial charge is 0.191 e. The summed E-state index contributed by atoms with van der Waals surface area (Å²) in [4.78, 5) is 4.61. The fraction of sp³-hybridized carbons (Fsp3) is 0.650. The van der Waals surface area contributed by atoms with E-state index in [4.69, 9.17) is 9.47 Å². The van der Waals surface area contributed by atoms with E-state index in [1.807, 2.05) is 6.07 Å². The SMILES string of the molecule is CCNC(=NCC1CCCO1)NCCCCOCCc1ccccc1. The van der Waals surface area contributed by atoms with E-state index in [2.05, 4.69) is 46.8 Å². The van der Waals surface area contributed by atoms with Gasteiger partial charge in [-0.3, -0.25) is 4.99 Å². The molecule has 1 aliphatic rings. The second-order valence-electron chi connectivity index (χ2n) is 6.34. The van der Waals surface area contributed by atoms with Gasteiger partial charge in [-0.05, 0) is 44.6 Å². The highest BCUT2D eigenvalue weighted by molar-refractivity contribution is 5.79. The quantitative estimate of drug-likeness (QED) is 0.367. The molecule has 2 rings (SSSR count). The standard InChI is InChI=1S/C20H33N3O2/c1-2-21-20(23-17-19-11-8-15-25-19)22-13-6-7-14-24-16-12-18-9-4-3-5-10-18/h3-5,9-10,19H,2,6-8,11-17H2,1H3,(H2,21,22,23). The van der Waals surface area contributed by atoms with Crippen LogP contribution in [-0.2, 0) is 15.9 Å². The van der Waals surface area contributed by atoms with Crippen molar-refractivity contribution >= 4 is 5.96 Å². The molecule has 5 heteroatoms. The molecule has 1 aliphatic heterocycles. The molecular weight excluding hydrogens is 314 g/mol. The van der Waals surface area contributed by atoms with Crippen LogP contribution in [0.15, 0.2) is 35.3 Å². The number of benzene rings is 1. The lowest BCUT2D eigenvalue weighted by atomic mass is 10.2. The van der Waals surface area contributed by atoms with E-state index in [-0.39, 0.29) is 0 Å². The number of guanidine groups is 1. The average molecular weight is 348 g/mol. The minimum atomic E-state index is 0.300. The van der Waals surface area contributed by atoms with E-state index in [9.17, 15) is 0 Å². The van der Waals surface area contributed by atoms with Crippen LogP contribution >= 0.6 is 0 Å². The highest BCUT2D eigenvalue weighted by Gasteiger charge is 2.14. The van der Waals surface area contributed by atoms with Crippen LogP contribution in [0.5, 0.6) is 0 Å². The van der Waals surface area contributed by atoms with Gasteiger partial charge in [0.25, 0.3) is 0 Å². The van der Waals surface area contributed by atoms with Crippen molar-refractivity contribution < 1.29 is 9.47 Å². The van der Waals surface area contributed by atoms with Crippen LogP contribution in [-0.4, -0.2) is 51.5 Å². The number of nitrogens with zero attached hydrogens (tertiary/aromatic N) is 1. The van der Waals surface area contributed by atoms with Gasteiger partial charge in [-0.15, -0.1) is 0 Å². The first-order valence-corrected chi connectivity index (χ1v) is 9.64. The molecular formula is C20H33N3O2. The van der Waals surface area contributed by atoms with Crippen LogP contribution in [0.1, 0.15) is 38.2 Å². The maximum atomic E-state index is 5.72. The third-order valence-electron chi connectivity index (χ3n) is 4.21. The molecule has 1 unspecified atom stereocenters. The van der Waals surface area contributed by atoms with Crippen molar-refractivity contribution in [1.29, 1.82) is 0 Å². The molecule has 0 spiro atoms. The lowest BCUT2D eigenvalue weighted by Crippen LogP contribution is -2.38. The molecule has 1 aromatic rings. The van der Waals surface area contributed by atoms with Crippen molar-refractivity contribution in [1.82, 2.24) is 10.6 Å². The van der Waals surface area contributed by atoms with E-state index in [1.54, 1.807) is 0 Å². The van der Waals surface area contributed by atoms with Crippen molar-refractivity contribution in [2.24, 2.45) is 4.99 Å². The van der Waals surface area contributed by atoms with Gasteiger partial charge in [0.1, 0.15) is 0 Å². The van der Waals surface area contributed by atoms with Gasteiger partial charge in [0, 0.05) is 26.3 Å². The summed E-state index contributed by atoms with van der Waals surface area (Å²) in [6.07, 6.45) is 5.72. The number of aliphatic imine (C=N–C) groups is 1. The predicted octanol–water partition coefficient (Wildman–Crippen LogP) is 2.76. The topological polar surface area (TPSA) is 54.9 Å². The largest absolute Gasteiger partial charge is 0.381 e. The minimum Gasteiger partial charge on any atom is -0.381 e. The van der Waals surface area contributed by atoms with Gasteiger partial charge >= 0.3 is 0 Å². The third-order valence-corrected chi connectivity index (χ3v) is 4.21. The Balaban J connectivity index is 1.49. The minimum absolute atomic E-state index is 0.300. The summed E-state index contributed by atoms with van der Waals surface area (Å²) in [5.74, 6) is 0.892. The van der Waals surface area contributed by atoms with Gasteiger partial charge in [-0.1, -0.05) is 30.3 Å². The first kappa shape index (κ1) is 19.7. The fourth-order valence-corrected chi connectivity index (χ4v) is 2.80. The van der Waals surface area contributed by atoms with Crippen LogP contribution in [0.25, 0.3) is 0 Å². The summed E-state index contributed by atoms with van der Waals surface area (Å²) >= 11 is 0. The van der Waals surface area contributed by atoms with E-state index in [0.717, 1.165) is 77.5 Å². The van der Waals surface area contributed by atoms with E-state index < -0.39 is 0 Å². The lowest BCUT2D eigenvalue weighted by Gasteiger charge is -2.13. The maximum Gasteiger partial charge on any atom is 0.191 e. The van der Waals surface area contributed by atoms with Crippen LogP contribution in [0, 0.1) is 0 Å². The second kappa shape index (κ2) is 12.7. The second-order valence-corrected chi connectivity index (χ2v) is 6.34. The molecule has 0 saturated carbocycles. The van der Waals surface area contributed by atoms with Crippen LogP contribution in [0.3, 0.4) is 0 Å². The Kier molecular flexibility index (Phi) is 10.0. The molecule has 0 bridgehead atoms. The molecule has 0 aromatic heterocycles. The van der Waals surface area contributed by atoms with Gasteiger partial charge in [0.05, 0.1) is 19.3 Å². The molecule has 25 heavy (non-hydrogen) atoms. The van der Waals surface area contributed by atoms with Crippen LogP contribution in [0.2, 0.25) is 0 Å². The monoisotopic (exact) mass is 347 g/mol.